The zero-order valence-corrected chi connectivity index (χ0v) is 7.99. The van der Waals surface area contributed by atoms with Crippen molar-refractivity contribution in [3.63, 3.8) is 0 Å². The third kappa shape index (κ3) is 1.70. The van der Waals surface area contributed by atoms with Crippen LogP contribution in [0.25, 0.3) is 12.2 Å². The standard InChI is InChI=1S/C10H7NO2S/c12-10(13)8-5-7-1-3-14-4-2-9(7)11-6-8/h1-6H,(H,12,13). The summed E-state index contributed by atoms with van der Waals surface area (Å²) in [6.07, 6.45) is 5.10. The van der Waals surface area contributed by atoms with E-state index in [-0.39, 0.29) is 5.56 Å². The zero-order valence-electron chi connectivity index (χ0n) is 7.18. The van der Waals surface area contributed by atoms with Crippen molar-refractivity contribution in [2.75, 3.05) is 0 Å². The Morgan fingerprint density at radius 1 is 1.36 bits per heavy atom. The summed E-state index contributed by atoms with van der Waals surface area (Å²) in [5, 5.41) is 12.6. The van der Waals surface area contributed by atoms with Gasteiger partial charge < -0.3 is 5.11 Å². The van der Waals surface area contributed by atoms with Crippen LogP contribution in [0.1, 0.15) is 21.6 Å². The van der Waals surface area contributed by atoms with Gasteiger partial charge >= 0.3 is 5.97 Å². The Bertz CT molecular complexity index is 438. The van der Waals surface area contributed by atoms with Crippen molar-refractivity contribution >= 4 is 29.9 Å². The molecule has 0 atom stereocenters. The lowest BCUT2D eigenvalue weighted by Gasteiger charge is -2.00. The van der Waals surface area contributed by atoms with Crippen molar-refractivity contribution in [1.82, 2.24) is 4.98 Å². The molecule has 3 nitrogen and oxygen atoms in total. The Morgan fingerprint density at radius 2 is 2.14 bits per heavy atom. The van der Waals surface area contributed by atoms with E-state index in [2.05, 4.69) is 4.98 Å². The molecule has 4 heteroatoms. The summed E-state index contributed by atoms with van der Waals surface area (Å²) in [6, 6.07) is 1.62. The van der Waals surface area contributed by atoms with Crippen LogP contribution in [-0.4, -0.2) is 16.1 Å². The molecule has 0 radical (unpaired) electrons. The normalized spacial score (nSPS) is 13.4. The van der Waals surface area contributed by atoms with Gasteiger partial charge in [0.05, 0.1) is 11.3 Å². The number of fused-ring (bicyclic) bond motifs is 1. The fraction of sp³-hybridized carbons (Fsp3) is 0. The molecular formula is C10H7NO2S. The second kappa shape index (κ2) is 3.67. The number of thioether (sulfide) groups is 1. The molecule has 2 heterocycles. The first-order chi connectivity index (χ1) is 6.77. The zero-order chi connectivity index (χ0) is 9.97. The number of rotatable bonds is 1. The molecular weight excluding hydrogens is 198 g/mol. The van der Waals surface area contributed by atoms with Gasteiger partial charge in [-0.1, -0.05) is 0 Å². The minimum absolute atomic E-state index is 0.216. The number of carboxylic acid groups (broad SMARTS) is 1. The van der Waals surface area contributed by atoms with Gasteiger partial charge in [0.2, 0.25) is 0 Å². The first kappa shape index (κ1) is 9.02. The molecule has 1 aromatic heterocycles. The van der Waals surface area contributed by atoms with E-state index in [0.29, 0.717) is 0 Å². The predicted molar refractivity (Wildman–Crippen MR) is 56.9 cm³/mol. The molecule has 0 aromatic carbocycles. The van der Waals surface area contributed by atoms with Crippen molar-refractivity contribution in [2.45, 2.75) is 0 Å². The van der Waals surface area contributed by atoms with E-state index < -0.39 is 5.97 Å². The number of aromatic carboxylic acids is 1. The fourth-order valence-electron chi connectivity index (χ4n) is 1.14. The third-order valence-electron chi connectivity index (χ3n) is 1.83. The summed E-state index contributed by atoms with van der Waals surface area (Å²) in [5.74, 6) is -0.949. The number of carbonyl (C=O) groups is 1. The van der Waals surface area contributed by atoms with E-state index in [9.17, 15) is 4.79 Å². The first-order valence-corrected chi connectivity index (χ1v) is 4.93. The molecule has 0 bridgehead atoms. The van der Waals surface area contributed by atoms with Crippen LogP contribution in [0.4, 0.5) is 0 Å². The highest BCUT2D eigenvalue weighted by Gasteiger charge is 2.07. The summed E-state index contributed by atoms with van der Waals surface area (Å²) in [6.45, 7) is 0. The lowest BCUT2D eigenvalue weighted by Crippen LogP contribution is -1.99. The maximum atomic E-state index is 10.7. The van der Waals surface area contributed by atoms with E-state index in [1.807, 2.05) is 23.0 Å². The van der Waals surface area contributed by atoms with Gasteiger partial charge in [0.25, 0.3) is 0 Å². The number of aromatic nitrogens is 1. The predicted octanol–water partition coefficient (Wildman–Crippen LogP) is 2.47. The highest BCUT2D eigenvalue weighted by atomic mass is 32.2. The average molecular weight is 205 g/mol. The van der Waals surface area contributed by atoms with Gasteiger partial charge in [0.1, 0.15) is 0 Å². The van der Waals surface area contributed by atoms with Gasteiger partial charge in [-0.15, -0.1) is 11.8 Å². The molecule has 0 amide bonds. The molecule has 1 aliphatic rings. The molecule has 0 spiro atoms. The summed E-state index contributed by atoms with van der Waals surface area (Å²) < 4.78 is 0. The summed E-state index contributed by atoms with van der Waals surface area (Å²) in [7, 11) is 0. The van der Waals surface area contributed by atoms with Gasteiger partial charge in [0.15, 0.2) is 0 Å². The molecule has 1 aliphatic heterocycles. The van der Waals surface area contributed by atoms with E-state index in [1.54, 1.807) is 6.07 Å². The number of hydrogen-bond donors (Lipinski definition) is 1. The lowest BCUT2D eigenvalue weighted by molar-refractivity contribution is 0.0696. The second-order valence-corrected chi connectivity index (χ2v) is 3.56. The molecule has 14 heavy (non-hydrogen) atoms. The van der Waals surface area contributed by atoms with Crippen molar-refractivity contribution in [3.05, 3.63) is 39.9 Å². The minimum atomic E-state index is -0.949. The quantitative estimate of drug-likeness (QED) is 0.765. The van der Waals surface area contributed by atoms with Crippen molar-refractivity contribution in [3.8, 4) is 0 Å². The van der Waals surface area contributed by atoms with Crippen LogP contribution in [0.3, 0.4) is 0 Å². The third-order valence-corrected chi connectivity index (χ3v) is 2.41. The van der Waals surface area contributed by atoms with Crippen molar-refractivity contribution in [2.24, 2.45) is 0 Å². The summed E-state index contributed by atoms with van der Waals surface area (Å²) in [5.41, 5.74) is 1.86. The molecule has 2 rings (SSSR count). The molecule has 1 aromatic rings. The number of hydrogen-bond acceptors (Lipinski definition) is 3. The first-order valence-electron chi connectivity index (χ1n) is 3.99. The molecule has 0 saturated heterocycles. The smallest absolute Gasteiger partial charge is 0.337 e. The van der Waals surface area contributed by atoms with Crippen LogP contribution in [0.2, 0.25) is 0 Å². The Balaban J connectivity index is 2.53. The maximum Gasteiger partial charge on any atom is 0.337 e. The van der Waals surface area contributed by atoms with Crippen LogP contribution < -0.4 is 0 Å². The van der Waals surface area contributed by atoms with Crippen LogP contribution in [0, 0.1) is 0 Å². The highest BCUT2D eigenvalue weighted by molar-refractivity contribution is 8.05. The van der Waals surface area contributed by atoms with Crippen molar-refractivity contribution < 1.29 is 9.90 Å². The molecule has 1 N–H and O–H groups in total. The van der Waals surface area contributed by atoms with E-state index in [0.717, 1.165) is 11.3 Å². The number of pyridine rings is 1. The molecule has 70 valence electrons. The topological polar surface area (TPSA) is 50.2 Å². The maximum absolute atomic E-state index is 10.7. The van der Waals surface area contributed by atoms with Crippen LogP contribution in [0.5, 0.6) is 0 Å². The summed E-state index contributed by atoms with van der Waals surface area (Å²) >= 11 is 1.54. The van der Waals surface area contributed by atoms with Gasteiger partial charge in [-0.2, -0.15) is 0 Å². The minimum Gasteiger partial charge on any atom is -0.478 e. The van der Waals surface area contributed by atoms with Crippen LogP contribution in [-0.2, 0) is 0 Å². The second-order valence-electron chi connectivity index (χ2n) is 2.75. The number of carboxylic acids is 1. The monoisotopic (exact) mass is 205 g/mol. The fourth-order valence-corrected chi connectivity index (χ4v) is 1.67. The summed E-state index contributed by atoms with van der Waals surface area (Å²) in [4.78, 5) is 14.8. The Hall–Kier alpha value is -1.55. The largest absolute Gasteiger partial charge is 0.478 e. The molecule has 0 saturated carbocycles. The van der Waals surface area contributed by atoms with Gasteiger partial charge in [-0.05, 0) is 29.0 Å². The average Bonchev–Trinajstić information content (AvgIpc) is 2.41. The Morgan fingerprint density at radius 3 is 2.93 bits per heavy atom. The van der Waals surface area contributed by atoms with Crippen LogP contribution >= 0.6 is 11.8 Å². The number of nitrogens with zero attached hydrogens (tertiary/aromatic N) is 1. The van der Waals surface area contributed by atoms with E-state index in [4.69, 9.17) is 5.11 Å². The molecule has 0 unspecified atom stereocenters. The van der Waals surface area contributed by atoms with Gasteiger partial charge in [-0.25, -0.2) is 4.79 Å². The molecule has 0 fully saturated rings. The van der Waals surface area contributed by atoms with Gasteiger partial charge in [0, 0.05) is 11.8 Å². The van der Waals surface area contributed by atoms with E-state index >= 15 is 0 Å². The Kier molecular flexibility index (Phi) is 2.37. The SMILES string of the molecule is O=C(O)c1cnc2c(c1)C=CSC=C2. The van der Waals surface area contributed by atoms with E-state index in [1.165, 1.54) is 18.0 Å². The van der Waals surface area contributed by atoms with Crippen molar-refractivity contribution in [1.29, 1.82) is 0 Å². The molecule has 0 aliphatic carbocycles. The lowest BCUT2D eigenvalue weighted by atomic mass is 10.1. The van der Waals surface area contributed by atoms with Crippen LogP contribution in [0.15, 0.2) is 23.1 Å². The highest BCUT2D eigenvalue weighted by Crippen LogP contribution is 2.20. The van der Waals surface area contributed by atoms with Gasteiger partial charge in [-0.3, -0.25) is 4.98 Å². The Labute approximate surface area is 85.2 Å².